The standard InChI is InChI=1S/C10H23NOSi/c1-4-11-13(9-10(2)3)8-6-5-7-12-13/h10-11H,4-9H2,1-3H3. The maximum Gasteiger partial charge on any atom is 0.268 e. The van der Waals surface area contributed by atoms with Crippen LogP contribution in [0.15, 0.2) is 0 Å². The summed E-state index contributed by atoms with van der Waals surface area (Å²) in [6, 6.07) is 2.60. The van der Waals surface area contributed by atoms with Crippen molar-refractivity contribution in [2.75, 3.05) is 13.2 Å². The van der Waals surface area contributed by atoms with Crippen LogP contribution >= 0.6 is 0 Å². The fraction of sp³-hybridized carbons (Fsp3) is 1.00. The Balaban J connectivity index is 2.50. The van der Waals surface area contributed by atoms with Gasteiger partial charge in [0.1, 0.15) is 0 Å². The molecule has 1 heterocycles. The van der Waals surface area contributed by atoms with Crippen LogP contribution in [-0.4, -0.2) is 21.6 Å². The molecular weight excluding hydrogens is 178 g/mol. The van der Waals surface area contributed by atoms with Crippen molar-refractivity contribution in [3.63, 3.8) is 0 Å². The van der Waals surface area contributed by atoms with Crippen LogP contribution in [0.5, 0.6) is 0 Å². The predicted molar refractivity (Wildman–Crippen MR) is 59.1 cm³/mol. The lowest BCUT2D eigenvalue weighted by Gasteiger charge is -2.36. The quantitative estimate of drug-likeness (QED) is 0.706. The molecule has 1 unspecified atom stereocenters. The molecule has 1 atom stereocenters. The zero-order valence-corrected chi connectivity index (χ0v) is 10.2. The Bertz CT molecular complexity index is 138. The Morgan fingerprint density at radius 2 is 2.15 bits per heavy atom. The molecule has 13 heavy (non-hydrogen) atoms. The topological polar surface area (TPSA) is 21.3 Å². The van der Waals surface area contributed by atoms with Gasteiger partial charge in [0.05, 0.1) is 0 Å². The average molecular weight is 201 g/mol. The third-order valence-corrected chi connectivity index (χ3v) is 6.98. The van der Waals surface area contributed by atoms with Crippen molar-refractivity contribution in [3.8, 4) is 0 Å². The minimum absolute atomic E-state index is 0.767. The predicted octanol–water partition coefficient (Wildman–Crippen LogP) is 2.50. The summed E-state index contributed by atoms with van der Waals surface area (Å²) in [6.45, 7) is 8.84. The first-order valence-electron chi connectivity index (χ1n) is 5.57. The highest BCUT2D eigenvalue weighted by atomic mass is 28.4. The number of nitrogens with one attached hydrogen (secondary N) is 1. The molecule has 1 aliphatic rings. The molecule has 0 radical (unpaired) electrons. The summed E-state index contributed by atoms with van der Waals surface area (Å²) in [7, 11) is -1.50. The first-order valence-corrected chi connectivity index (χ1v) is 7.90. The molecule has 0 saturated carbocycles. The average Bonchev–Trinajstić information content (AvgIpc) is 2.04. The lowest BCUT2D eigenvalue weighted by atomic mass is 10.3. The smallest absolute Gasteiger partial charge is 0.268 e. The highest BCUT2D eigenvalue weighted by Gasteiger charge is 2.36. The molecule has 0 aromatic rings. The van der Waals surface area contributed by atoms with Crippen molar-refractivity contribution in [3.05, 3.63) is 0 Å². The second-order valence-corrected chi connectivity index (χ2v) is 7.97. The molecule has 0 bridgehead atoms. The van der Waals surface area contributed by atoms with E-state index in [1.165, 1.54) is 24.9 Å². The van der Waals surface area contributed by atoms with Gasteiger partial charge >= 0.3 is 0 Å². The van der Waals surface area contributed by atoms with Gasteiger partial charge in [-0.3, -0.25) is 0 Å². The molecule has 1 aliphatic heterocycles. The van der Waals surface area contributed by atoms with Gasteiger partial charge < -0.3 is 9.41 Å². The first-order chi connectivity index (χ1) is 6.18. The van der Waals surface area contributed by atoms with Crippen molar-refractivity contribution in [2.45, 2.75) is 45.7 Å². The summed E-state index contributed by atoms with van der Waals surface area (Å²) in [6.07, 6.45) is 2.63. The van der Waals surface area contributed by atoms with E-state index in [-0.39, 0.29) is 0 Å². The molecule has 0 aromatic heterocycles. The molecule has 0 spiro atoms. The van der Waals surface area contributed by atoms with E-state index in [1.807, 2.05) is 0 Å². The van der Waals surface area contributed by atoms with Crippen molar-refractivity contribution in [2.24, 2.45) is 5.92 Å². The zero-order valence-electron chi connectivity index (χ0n) is 9.23. The molecule has 2 nitrogen and oxygen atoms in total. The van der Waals surface area contributed by atoms with E-state index in [1.54, 1.807) is 0 Å². The molecule has 3 heteroatoms. The van der Waals surface area contributed by atoms with E-state index >= 15 is 0 Å². The van der Waals surface area contributed by atoms with Gasteiger partial charge in [-0.15, -0.1) is 0 Å². The number of rotatable bonds is 4. The molecular formula is C10H23NOSi. The normalized spacial score (nSPS) is 29.5. The fourth-order valence-electron chi connectivity index (χ4n) is 2.21. The molecule has 0 aromatic carbocycles. The lowest BCUT2D eigenvalue weighted by molar-refractivity contribution is 0.253. The van der Waals surface area contributed by atoms with E-state index in [0.29, 0.717) is 0 Å². The van der Waals surface area contributed by atoms with Gasteiger partial charge in [-0.25, -0.2) is 0 Å². The molecule has 1 N–H and O–H groups in total. The monoisotopic (exact) mass is 201 g/mol. The van der Waals surface area contributed by atoms with E-state index in [9.17, 15) is 0 Å². The third-order valence-electron chi connectivity index (χ3n) is 2.59. The minimum atomic E-state index is -1.50. The third kappa shape index (κ3) is 3.41. The van der Waals surface area contributed by atoms with Crippen LogP contribution in [0.3, 0.4) is 0 Å². The van der Waals surface area contributed by atoms with Gasteiger partial charge in [0, 0.05) is 6.61 Å². The summed E-state index contributed by atoms with van der Waals surface area (Å²) in [5.74, 6) is 0.767. The van der Waals surface area contributed by atoms with E-state index in [4.69, 9.17) is 4.43 Å². The van der Waals surface area contributed by atoms with Crippen molar-refractivity contribution >= 4 is 8.48 Å². The van der Waals surface area contributed by atoms with Gasteiger partial charge in [0.15, 0.2) is 0 Å². The maximum atomic E-state index is 6.04. The molecule has 0 amide bonds. The number of hydrogen-bond donors (Lipinski definition) is 1. The van der Waals surface area contributed by atoms with Gasteiger partial charge in [-0.1, -0.05) is 27.2 Å². The Labute approximate surface area is 83.3 Å². The summed E-state index contributed by atoms with van der Waals surface area (Å²) in [4.78, 5) is 3.65. The van der Waals surface area contributed by atoms with Gasteiger partial charge in [0.2, 0.25) is 0 Å². The Morgan fingerprint density at radius 1 is 1.38 bits per heavy atom. The van der Waals surface area contributed by atoms with Gasteiger partial charge in [0.25, 0.3) is 8.48 Å². The first kappa shape index (κ1) is 11.2. The Morgan fingerprint density at radius 3 is 2.62 bits per heavy atom. The molecule has 0 aliphatic carbocycles. The van der Waals surface area contributed by atoms with Crippen LogP contribution in [0.1, 0.15) is 33.6 Å². The summed E-state index contributed by atoms with van der Waals surface area (Å²) in [5, 5.41) is 0. The van der Waals surface area contributed by atoms with Crippen molar-refractivity contribution in [1.82, 2.24) is 4.98 Å². The lowest BCUT2D eigenvalue weighted by Crippen LogP contribution is -2.55. The number of hydrogen-bond acceptors (Lipinski definition) is 2. The maximum absolute atomic E-state index is 6.04. The van der Waals surface area contributed by atoms with Crippen LogP contribution in [0, 0.1) is 5.92 Å². The van der Waals surface area contributed by atoms with Crippen LogP contribution in [0.4, 0.5) is 0 Å². The van der Waals surface area contributed by atoms with Crippen LogP contribution in [-0.2, 0) is 4.43 Å². The van der Waals surface area contributed by atoms with Crippen molar-refractivity contribution in [1.29, 1.82) is 0 Å². The fourth-order valence-corrected chi connectivity index (χ4v) is 6.42. The highest BCUT2D eigenvalue weighted by Crippen LogP contribution is 2.26. The SMILES string of the molecule is CCN[Si]1(CC(C)C)CCCCO1. The Kier molecular flexibility index (Phi) is 4.42. The molecule has 1 fully saturated rings. The summed E-state index contributed by atoms with van der Waals surface area (Å²) in [5.41, 5.74) is 0. The summed E-state index contributed by atoms with van der Waals surface area (Å²) >= 11 is 0. The molecule has 1 saturated heterocycles. The second-order valence-electron chi connectivity index (χ2n) is 4.43. The van der Waals surface area contributed by atoms with Crippen LogP contribution in [0.25, 0.3) is 0 Å². The Hall–Kier alpha value is 0.137. The van der Waals surface area contributed by atoms with E-state index in [2.05, 4.69) is 25.8 Å². The van der Waals surface area contributed by atoms with E-state index in [0.717, 1.165) is 19.1 Å². The van der Waals surface area contributed by atoms with Crippen LogP contribution in [0.2, 0.25) is 12.1 Å². The van der Waals surface area contributed by atoms with Crippen molar-refractivity contribution < 1.29 is 4.43 Å². The summed E-state index contributed by atoms with van der Waals surface area (Å²) < 4.78 is 6.04. The molecule has 1 rings (SSSR count). The van der Waals surface area contributed by atoms with Gasteiger partial charge in [-0.05, 0) is 31.0 Å². The second kappa shape index (κ2) is 5.13. The largest absolute Gasteiger partial charge is 0.403 e. The van der Waals surface area contributed by atoms with Crippen LogP contribution < -0.4 is 4.98 Å². The van der Waals surface area contributed by atoms with Gasteiger partial charge in [-0.2, -0.15) is 0 Å². The highest BCUT2D eigenvalue weighted by molar-refractivity contribution is 6.71. The molecule has 78 valence electrons. The van der Waals surface area contributed by atoms with E-state index < -0.39 is 8.48 Å². The zero-order chi connectivity index (χ0) is 9.73. The minimum Gasteiger partial charge on any atom is -0.403 e.